The van der Waals surface area contributed by atoms with Gasteiger partial charge in [-0.25, -0.2) is 9.55 Å². The number of carbonyl (C=O) groups is 1. The van der Waals surface area contributed by atoms with E-state index in [1.54, 1.807) is 35.0 Å². The fourth-order valence-corrected chi connectivity index (χ4v) is 2.39. The Labute approximate surface area is 142 Å². The highest BCUT2D eigenvalue weighted by atomic mass is 19.4. The predicted molar refractivity (Wildman–Crippen MR) is 87.7 cm³/mol. The topological polar surface area (TPSA) is 33.8 Å². The largest absolute Gasteiger partial charge is 0.416 e. The van der Waals surface area contributed by atoms with Gasteiger partial charge >= 0.3 is 6.18 Å². The molecule has 0 N–H and O–H groups in total. The first-order valence-electron chi connectivity index (χ1n) is 7.49. The molecule has 3 aromatic rings. The molecular weight excluding hydrogens is 329 g/mol. The summed E-state index contributed by atoms with van der Waals surface area (Å²) < 4.78 is 40.2. The van der Waals surface area contributed by atoms with Gasteiger partial charge in [-0.1, -0.05) is 12.1 Å². The minimum atomic E-state index is -4.42. The summed E-state index contributed by atoms with van der Waals surface area (Å²) in [6.45, 7) is 0. The van der Waals surface area contributed by atoms with Crippen molar-refractivity contribution in [2.24, 2.45) is 7.05 Å². The van der Waals surface area contributed by atoms with Gasteiger partial charge in [0, 0.05) is 11.5 Å². The van der Waals surface area contributed by atoms with Crippen LogP contribution >= 0.6 is 0 Å². The van der Waals surface area contributed by atoms with Crippen LogP contribution < -0.4 is 4.57 Å². The summed E-state index contributed by atoms with van der Waals surface area (Å²) in [5.41, 5.74) is 0.416. The molecule has 0 fully saturated rings. The number of pyridine rings is 2. The van der Waals surface area contributed by atoms with E-state index in [2.05, 4.69) is 4.98 Å². The Hall–Kier alpha value is -3.02. The molecule has 0 radical (unpaired) electrons. The lowest BCUT2D eigenvalue weighted by Crippen LogP contribution is -2.27. The molecule has 2 aromatic heterocycles. The molecule has 0 spiro atoms. The first-order chi connectivity index (χ1) is 11.8. The molecule has 0 aliphatic heterocycles. The Morgan fingerprint density at radius 2 is 1.92 bits per heavy atom. The Balaban J connectivity index is 1.89. The number of alkyl halides is 3. The van der Waals surface area contributed by atoms with Crippen molar-refractivity contribution in [3.05, 3.63) is 77.8 Å². The van der Waals surface area contributed by atoms with Crippen molar-refractivity contribution < 1.29 is 22.5 Å². The summed E-state index contributed by atoms with van der Waals surface area (Å²) in [4.78, 5) is 16.3. The van der Waals surface area contributed by atoms with Gasteiger partial charge in [-0.3, -0.25) is 4.79 Å². The third kappa shape index (κ3) is 3.91. The fraction of sp³-hybridized carbons (Fsp3) is 0.105. The molecule has 0 amide bonds. The molecule has 0 unspecified atom stereocenters. The van der Waals surface area contributed by atoms with Crippen LogP contribution in [-0.2, 0) is 13.2 Å². The van der Waals surface area contributed by atoms with Crippen molar-refractivity contribution in [3.8, 4) is 0 Å². The minimum Gasteiger partial charge on any atom is -0.289 e. The smallest absolute Gasteiger partial charge is 0.289 e. The second kappa shape index (κ2) is 6.47. The molecule has 3 rings (SSSR count). The number of benzene rings is 1. The van der Waals surface area contributed by atoms with Gasteiger partial charge in [0.05, 0.1) is 22.3 Å². The van der Waals surface area contributed by atoms with Crippen LogP contribution in [0.2, 0.25) is 0 Å². The van der Waals surface area contributed by atoms with E-state index in [1.807, 2.05) is 13.2 Å². The van der Waals surface area contributed by atoms with Crippen molar-refractivity contribution >= 4 is 22.8 Å². The average molecular weight is 343 g/mol. The number of fused-ring (bicyclic) bond motifs is 1. The SMILES string of the molecule is C[n+]1cccc(C(=O)/C=C/c2ccc3ccc(C(F)(F)F)cc3n2)c1. The van der Waals surface area contributed by atoms with Gasteiger partial charge in [-0.15, -0.1) is 0 Å². The standard InChI is InChI=1S/C19H14F3N2O/c1-24-10-2-3-14(12-24)18(25)9-8-16-7-5-13-4-6-15(19(20,21)22)11-17(13)23-16/h2-12H,1H3/q+1/b9-8+. The van der Waals surface area contributed by atoms with E-state index in [0.29, 0.717) is 16.6 Å². The summed E-state index contributed by atoms with van der Waals surface area (Å²) in [5, 5.41) is 0.603. The number of carbonyl (C=O) groups excluding carboxylic acids is 1. The second-order valence-corrected chi connectivity index (χ2v) is 5.60. The van der Waals surface area contributed by atoms with Crippen LogP contribution in [0.5, 0.6) is 0 Å². The Morgan fingerprint density at radius 3 is 2.64 bits per heavy atom. The zero-order valence-corrected chi connectivity index (χ0v) is 13.3. The van der Waals surface area contributed by atoms with Crippen LogP contribution in [0.3, 0.4) is 0 Å². The second-order valence-electron chi connectivity index (χ2n) is 5.60. The summed E-state index contributed by atoms with van der Waals surface area (Å²) >= 11 is 0. The molecule has 1 aromatic carbocycles. The molecule has 126 valence electrons. The highest BCUT2D eigenvalue weighted by Crippen LogP contribution is 2.31. The van der Waals surface area contributed by atoms with Gasteiger partial charge < -0.3 is 0 Å². The molecule has 6 heteroatoms. The maximum atomic E-state index is 12.8. The van der Waals surface area contributed by atoms with Gasteiger partial charge in [0.1, 0.15) is 7.05 Å². The fourth-order valence-electron chi connectivity index (χ4n) is 2.39. The van der Waals surface area contributed by atoms with Crippen LogP contribution in [0.25, 0.3) is 17.0 Å². The molecule has 0 saturated heterocycles. The Bertz CT molecular complexity index is 978. The third-order valence-corrected chi connectivity index (χ3v) is 3.67. The third-order valence-electron chi connectivity index (χ3n) is 3.67. The summed E-state index contributed by atoms with van der Waals surface area (Å²) in [5.74, 6) is -0.206. The lowest BCUT2D eigenvalue weighted by atomic mass is 10.1. The first-order valence-corrected chi connectivity index (χ1v) is 7.49. The van der Waals surface area contributed by atoms with Crippen LogP contribution in [0.1, 0.15) is 21.6 Å². The van der Waals surface area contributed by atoms with E-state index < -0.39 is 11.7 Å². The van der Waals surface area contributed by atoms with E-state index in [-0.39, 0.29) is 11.3 Å². The number of aromatic nitrogens is 2. The number of rotatable bonds is 3. The summed E-state index contributed by atoms with van der Waals surface area (Å²) in [6.07, 6.45) is 1.94. The van der Waals surface area contributed by atoms with E-state index in [1.165, 1.54) is 18.2 Å². The molecule has 0 aliphatic rings. The molecule has 2 heterocycles. The van der Waals surface area contributed by atoms with E-state index in [4.69, 9.17) is 0 Å². The van der Waals surface area contributed by atoms with Crippen LogP contribution in [0, 0.1) is 0 Å². The van der Waals surface area contributed by atoms with Crippen LogP contribution in [-0.4, -0.2) is 10.8 Å². The predicted octanol–water partition coefficient (Wildman–Crippen LogP) is 3.97. The highest BCUT2D eigenvalue weighted by molar-refractivity contribution is 6.06. The van der Waals surface area contributed by atoms with Crippen molar-refractivity contribution in [3.63, 3.8) is 0 Å². The number of aryl methyl sites for hydroxylation is 1. The highest BCUT2D eigenvalue weighted by Gasteiger charge is 2.30. The molecule has 0 bridgehead atoms. The van der Waals surface area contributed by atoms with Gasteiger partial charge in [0.2, 0.25) is 0 Å². The molecule has 0 atom stereocenters. The maximum absolute atomic E-state index is 12.8. The van der Waals surface area contributed by atoms with Gasteiger partial charge in [-0.2, -0.15) is 13.2 Å². The van der Waals surface area contributed by atoms with Crippen LogP contribution in [0.15, 0.2) is 60.9 Å². The number of allylic oxidation sites excluding steroid dienone is 1. The maximum Gasteiger partial charge on any atom is 0.416 e. The van der Waals surface area contributed by atoms with Crippen molar-refractivity contribution in [1.82, 2.24) is 4.98 Å². The monoisotopic (exact) mass is 343 g/mol. The van der Waals surface area contributed by atoms with E-state index in [0.717, 1.165) is 12.1 Å². The lowest BCUT2D eigenvalue weighted by Gasteiger charge is -2.07. The lowest BCUT2D eigenvalue weighted by molar-refractivity contribution is -0.671. The van der Waals surface area contributed by atoms with Crippen LogP contribution in [0.4, 0.5) is 13.2 Å². The number of hydrogen-bond donors (Lipinski definition) is 0. The molecule has 3 nitrogen and oxygen atoms in total. The van der Waals surface area contributed by atoms with Gasteiger partial charge in [-0.05, 0) is 36.4 Å². The normalized spacial score (nSPS) is 12.0. The molecule has 0 saturated carbocycles. The van der Waals surface area contributed by atoms with Gasteiger partial charge in [0.15, 0.2) is 18.2 Å². The van der Waals surface area contributed by atoms with Crippen molar-refractivity contribution in [1.29, 1.82) is 0 Å². The zero-order chi connectivity index (χ0) is 18.0. The van der Waals surface area contributed by atoms with Crippen molar-refractivity contribution in [2.75, 3.05) is 0 Å². The molecular formula is C19H14F3N2O+. The summed E-state index contributed by atoms with van der Waals surface area (Å²) in [6, 6.07) is 10.2. The van der Waals surface area contributed by atoms with E-state index >= 15 is 0 Å². The Morgan fingerprint density at radius 1 is 1.16 bits per heavy atom. The summed E-state index contributed by atoms with van der Waals surface area (Å²) in [7, 11) is 1.81. The Kier molecular flexibility index (Phi) is 4.35. The zero-order valence-electron chi connectivity index (χ0n) is 13.3. The van der Waals surface area contributed by atoms with Gasteiger partial charge in [0.25, 0.3) is 0 Å². The number of halogens is 3. The number of ketones is 1. The van der Waals surface area contributed by atoms with E-state index in [9.17, 15) is 18.0 Å². The molecule has 25 heavy (non-hydrogen) atoms. The molecule has 0 aliphatic carbocycles. The minimum absolute atomic E-state index is 0.206. The van der Waals surface area contributed by atoms with Crippen molar-refractivity contribution in [2.45, 2.75) is 6.18 Å². The number of hydrogen-bond acceptors (Lipinski definition) is 2. The average Bonchev–Trinajstić information content (AvgIpc) is 2.58. The number of nitrogens with zero attached hydrogens (tertiary/aromatic N) is 2. The first kappa shape index (κ1) is 16.8. The quantitative estimate of drug-likeness (QED) is 0.410.